The van der Waals surface area contributed by atoms with Gasteiger partial charge in [0.2, 0.25) is 5.95 Å². The highest BCUT2D eigenvalue weighted by atomic mass is 19.1. The van der Waals surface area contributed by atoms with E-state index in [1.807, 2.05) is 6.07 Å². The van der Waals surface area contributed by atoms with Crippen LogP contribution in [0.1, 0.15) is 18.4 Å². The second-order valence-corrected chi connectivity index (χ2v) is 6.11. The van der Waals surface area contributed by atoms with Gasteiger partial charge in [0.1, 0.15) is 5.82 Å². The Morgan fingerprint density at radius 2 is 2.12 bits per heavy atom. The Labute approximate surface area is 146 Å². The summed E-state index contributed by atoms with van der Waals surface area (Å²) in [6, 6.07) is 8.07. The highest BCUT2D eigenvalue weighted by molar-refractivity contribution is 5.74. The lowest BCUT2D eigenvalue weighted by Gasteiger charge is -2.33. The standard InChI is InChI=1S/C18H22FN5O/c19-15-5-1-4-14(12-15)7-10-22-18(25)23-16-6-2-11-24(13-16)17-20-8-3-9-21-17/h1,3-5,8-9,12,16H,2,6-7,10-11,13H2,(H2,22,23,25). The van der Waals surface area contributed by atoms with Gasteiger partial charge in [-0.3, -0.25) is 0 Å². The van der Waals surface area contributed by atoms with Crippen LogP contribution in [0.5, 0.6) is 0 Å². The van der Waals surface area contributed by atoms with Gasteiger partial charge in [-0.05, 0) is 43.0 Å². The van der Waals surface area contributed by atoms with Crippen LogP contribution < -0.4 is 15.5 Å². The summed E-state index contributed by atoms with van der Waals surface area (Å²) in [7, 11) is 0. The van der Waals surface area contributed by atoms with E-state index in [9.17, 15) is 9.18 Å². The lowest BCUT2D eigenvalue weighted by Crippen LogP contribution is -2.51. The van der Waals surface area contributed by atoms with Gasteiger partial charge in [0, 0.05) is 38.1 Å². The molecule has 1 saturated heterocycles. The molecular formula is C18H22FN5O. The molecule has 2 heterocycles. The lowest BCUT2D eigenvalue weighted by molar-refractivity contribution is 0.235. The summed E-state index contributed by atoms with van der Waals surface area (Å²) in [5, 5.41) is 5.83. The van der Waals surface area contributed by atoms with E-state index in [0.29, 0.717) is 25.5 Å². The minimum atomic E-state index is -0.257. The molecule has 2 N–H and O–H groups in total. The molecule has 2 amide bonds. The quantitative estimate of drug-likeness (QED) is 0.872. The highest BCUT2D eigenvalue weighted by Crippen LogP contribution is 2.15. The second-order valence-electron chi connectivity index (χ2n) is 6.11. The number of rotatable bonds is 5. The molecule has 132 valence electrons. The Morgan fingerprint density at radius 3 is 2.92 bits per heavy atom. The monoisotopic (exact) mass is 343 g/mol. The Balaban J connectivity index is 1.43. The molecule has 25 heavy (non-hydrogen) atoms. The lowest BCUT2D eigenvalue weighted by atomic mass is 10.1. The van der Waals surface area contributed by atoms with Crippen molar-refractivity contribution in [1.82, 2.24) is 20.6 Å². The van der Waals surface area contributed by atoms with E-state index in [2.05, 4.69) is 25.5 Å². The SMILES string of the molecule is O=C(NCCc1cccc(F)c1)NC1CCCN(c2ncccn2)C1. The zero-order valence-electron chi connectivity index (χ0n) is 14.0. The third-order valence-electron chi connectivity index (χ3n) is 4.18. The van der Waals surface area contributed by atoms with Crippen LogP contribution in [0.25, 0.3) is 0 Å². The molecule has 0 saturated carbocycles. The Kier molecular flexibility index (Phi) is 5.77. The molecule has 1 aliphatic rings. The minimum absolute atomic E-state index is 0.0618. The summed E-state index contributed by atoms with van der Waals surface area (Å²) in [5.41, 5.74) is 0.866. The van der Waals surface area contributed by atoms with Crippen LogP contribution in [0.4, 0.5) is 15.1 Å². The Morgan fingerprint density at radius 1 is 1.28 bits per heavy atom. The number of hydrogen-bond acceptors (Lipinski definition) is 4. The maximum absolute atomic E-state index is 13.1. The van der Waals surface area contributed by atoms with E-state index >= 15 is 0 Å². The van der Waals surface area contributed by atoms with E-state index < -0.39 is 0 Å². The summed E-state index contributed by atoms with van der Waals surface area (Å²) in [4.78, 5) is 22.7. The molecule has 1 aromatic heterocycles. The number of carbonyl (C=O) groups is 1. The summed E-state index contributed by atoms with van der Waals surface area (Å²) in [6.45, 7) is 2.05. The molecule has 2 aromatic rings. The number of amides is 2. The molecule has 1 fully saturated rings. The number of nitrogens with zero attached hydrogens (tertiary/aromatic N) is 3. The van der Waals surface area contributed by atoms with Gasteiger partial charge in [0.15, 0.2) is 0 Å². The van der Waals surface area contributed by atoms with Crippen molar-refractivity contribution in [3.63, 3.8) is 0 Å². The van der Waals surface area contributed by atoms with Gasteiger partial charge in [0.25, 0.3) is 0 Å². The Bertz CT molecular complexity index is 697. The maximum atomic E-state index is 13.1. The molecule has 3 rings (SSSR count). The van der Waals surface area contributed by atoms with Crippen molar-refractivity contribution in [3.05, 3.63) is 54.1 Å². The zero-order valence-corrected chi connectivity index (χ0v) is 14.0. The number of piperidine rings is 1. The first-order valence-corrected chi connectivity index (χ1v) is 8.51. The van der Waals surface area contributed by atoms with E-state index in [1.54, 1.807) is 24.5 Å². The average molecular weight is 343 g/mol. The zero-order chi connectivity index (χ0) is 17.5. The topological polar surface area (TPSA) is 70.2 Å². The largest absolute Gasteiger partial charge is 0.339 e. The molecule has 1 atom stereocenters. The van der Waals surface area contributed by atoms with Crippen molar-refractivity contribution in [2.75, 3.05) is 24.5 Å². The first kappa shape index (κ1) is 17.1. The van der Waals surface area contributed by atoms with Gasteiger partial charge < -0.3 is 15.5 Å². The first-order chi connectivity index (χ1) is 12.2. The number of urea groups is 1. The van der Waals surface area contributed by atoms with Gasteiger partial charge in [0.05, 0.1) is 0 Å². The van der Waals surface area contributed by atoms with Gasteiger partial charge in [-0.2, -0.15) is 0 Å². The van der Waals surface area contributed by atoms with Crippen LogP contribution in [0.15, 0.2) is 42.7 Å². The van der Waals surface area contributed by atoms with Crippen LogP contribution in [0, 0.1) is 5.82 Å². The molecule has 0 radical (unpaired) electrons. The summed E-state index contributed by atoms with van der Waals surface area (Å²) >= 11 is 0. The molecule has 1 aromatic carbocycles. The maximum Gasteiger partial charge on any atom is 0.315 e. The van der Waals surface area contributed by atoms with Gasteiger partial charge >= 0.3 is 6.03 Å². The van der Waals surface area contributed by atoms with Crippen LogP contribution >= 0.6 is 0 Å². The predicted octanol–water partition coefficient (Wildman–Crippen LogP) is 2.13. The second kappa shape index (κ2) is 8.41. The van der Waals surface area contributed by atoms with E-state index in [4.69, 9.17) is 0 Å². The Hall–Kier alpha value is -2.70. The molecule has 0 aliphatic carbocycles. The summed E-state index contributed by atoms with van der Waals surface area (Å²) < 4.78 is 13.1. The number of halogens is 1. The van der Waals surface area contributed by atoms with Crippen molar-refractivity contribution >= 4 is 12.0 Å². The van der Waals surface area contributed by atoms with Crippen molar-refractivity contribution < 1.29 is 9.18 Å². The van der Waals surface area contributed by atoms with E-state index in [1.165, 1.54) is 12.1 Å². The van der Waals surface area contributed by atoms with Crippen molar-refractivity contribution in [2.45, 2.75) is 25.3 Å². The van der Waals surface area contributed by atoms with Crippen LogP contribution in [0.3, 0.4) is 0 Å². The third-order valence-corrected chi connectivity index (χ3v) is 4.18. The molecular weight excluding hydrogens is 321 g/mol. The van der Waals surface area contributed by atoms with Crippen molar-refractivity contribution in [3.8, 4) is 0 Å². The minimum Gasteiger partial charge on any atom is -0.339 e. The van der Waals surface area contributed by atoms with Crippen LogP contribution in [-0.4, -0.2) is 41.7 Å². The van der Waals surface area contributed by atoms with Crippen molar-refractivity contribution in [2.24, 2.45) is 0 Å². The molecule has 6 nitrogen and oxygen atoms in total. The molecule has 7 heteroatoms. The van der Waals surface area contributed by atoms with E-state index in [-0.39, 0.29) is 17.9 Å². The number of anilines is 1. The smallest absolute Gasteiger partial charge is 0.315 e. The summed E-state index contributed by atoms with van der Waals surface area (Å²) in [6.07, 6.45) is 5.95. The normalized spacial score (nSPS) is 17.2. The fraction of sp³-hybridized carbons (Fsp3) is 0.389. The van der Waals surface area contributed by atoms with Gasteiger partial charge in [-0.25, -0.2) is 19.2 Å². The average Bonchev–Trinajstić information content (AvgIpc) is 2.63. The highest BCUT2D eigenvalue weighted by Gasteiger charge is 2.22. The fourth-order valence-corrected chi connectivity index (χ4v) is 2.98. The number of carbonyl (C=O) groups excluding carboxylic acids is 1. The summed E-state index contributed by atoms with van der Waals surface area (Å²) in [5.74, 6) is 0.438. The number of benzene rings is 1. The molecule has 0 bridgehead atoms. The van der Waals surface area contributed by atoms with Crippen LogP contribution in [0.2, 0.25) is 0 Å². The number of nitrogens with one attached hydrogen (secondary N) is 2. The third kappa shape index (κ3) is 5.14. The molecule has 1 aliphatic heterocycles. The van der Waals surface area contributed by atoms with Gasteiger partial charge in [-0.15, -0.1) is 0 Å². The van der Waals surface area contributed by atoms with Gasteiger partial charge in [-0.1, -0.05) is 12.1 Å². The van der Waals surface area contributed by atoms with Crippen molar-refractivity contribution in [1.29, 1.82) is 0 Å². The number of aromatic nitrogens is 2. The molecule has 0 spiro atoms. The fourth-order valence-electron chi connectivity index (χ4n) is 2.98. The van der Waals surface area contributed by atoms with Crippen LogP contribution in [-0.2, 0) is 6.42 Å². The molecule has 1 unspecified atom stereocenters. The first-order valence-electron chi connectivity index (χ1n) is 8.51. The predicted molar refractivity (Wildman–Crippen MR) is 93.9 cm³/mol. The van der Waals surface area contributed by atoms with E-state index in [0.717, 1.165) is 24.9 Å². The number of hydrogen-bond donors (Lipinski definition) is 2.